The first-order valence-electron chi connectivity index (χ1n) is 12.1. The van der Waals surface area contributed by atoms with E-state index in [0.717, 1.165) is 17.8 Å². The molecule has 196 valence electrons. The van der Waals surface area contributed by atoms with E-state index in [1.807, 2.05) is 49.4 Å². The number of nitrogens with one attached hydrogen (secondary N) is 1. The average Bonchev–Trinajstić information content (AvgIpc) is 3.12. The zero-order valence-electron chi connectivity index (χ0n) is 21.4. The molecule has 0 aliphatic carbocycles. The Hall–Kier alpha value is -3.89. The van der Waals surface area contributed by atoms with Crippen LogP contribution in [0.4, 0.5) is 22.7 Å². The summed E-state index contributed by atoms with van der Waals surface area (Å²) in [5.74, 6) is -0.966. The van der Waals surface area contributed by atoms with Gasteiger partial charge in [0.1, 0.15) is 11.4 Å². The summed E-state index contributed by atoms with van der Waals surface area (Å²) in [4.78, 5) is 41.3. The van der Waals surface area contributed by atoms with Crippen molar-refractivity contribution in [1.29, 1.82) is 0 Å². The number of likely N-dealkylation sites (N-methyl/N-ethyl adjacent to an activating group) is 1. The molecular weight excluding hydrogens is 550 g/mol. The van der Waals surface area contributed by atoms with E-state index in [-0.39, 0.29) is 29.8 Å². The second kappa shape index (κ2) is 12.1. The van der Waals surface area contributed by atoms with Gasteiger partial charge < -0.3 is 15.0 Å². The summed E-state index contributed by atoms with van der Waals surface area (Å²) in [6.45, 7) is 5.69. The van der Waals surface area contributed by atoms with Gasteiger partial charge in [-0.05, 0) is 58.7 Å². The molecular formula is C28H28BrN5O4. The number of hydrogen-bond acceptors (Lipinski definition) is 7. The number of nitrogens with zero attached hydrogens (tertiary/aromatic N) is 4. The van der Waals surface area contributed by atoms with E-state index in [4.69, 9.17) is 4.74 Å². The van der Waals surface area contributed by atoms with Gasteiger partial charge in [-0.15, -0.1) is 10.2 Å². The molecule has 10 heteroatoms. The van der Waals surface area contributed by atoms with Crippen LogP contribution in [0.5, 0.6) is 0 Å². The molecule has 0 saturated heterocycles. The van der Waals surface area contributed by atoms with Crippen molar-refractivity contribution in [3.8, 4) is 0 Å². The Bertz CT molecular complexity index is 1390. The molecule has 3 aromatic carbocycles. The van der Waals surface area contributed by atoms with E-state index in [1.165, 1.54) is 11.8 Å². The van der Waals surface area contributed by atoms with Gasteiger partial charge in [-0.25, -0.2) is 0 Å². The van der Waals surface area contributed by atoms with Gasteiger partial charge in [-0.3, -0.25) is 19.3 Å². The van der Waals surface area contributed by atoms with Crippen molar-refractivity contribution in [2.24, 2.45) is 10.2 Å². The zero-order valence-corrected chi connectivity index (χ0v) is 23.0. The Kier molecular flexibility index (Phi) is 8.65. The first kappa shape index (κ1) is 27.2. The van der Waals surface area contributed by atoms with E-state index in [0.29, 0.717) is 40.2 Å². The summed E-state index contributed by atoms with van der Waals surface area (Å²) < 4.78 is 5.72. The molecule has 1 aliphatic rings. The molecule has 3 amide bonds. The van der Waals surface area contributed by atoms with Crippen LogP contribution in [-0.2, 0) is 16.1 Å². The molecule has 3 aromatic rings. The Balaban J connectivity index is 1.62. The minimum absolute atomic E-state index is 0.188. The number of imide groups is 1. The summed E-state index contributed by atoms with van der Waals surface area (Å²) in [7, 11) is 1.65. The minimum Gasteiger partial charge on any atom is -0.383 e. The van der Waals surface area contributed by atoms with Crippen LogP contribution in [0.25, 0.3) is 0 Å². The van der Waals surface area contributed by atoms with Crippen LogP contribution in [-0.4, -0.2) is 49.4 Å². The van der Waals surface area contributed by atoms with Gasteiger partial charge in [0.05, 0.1) is 30.0 Å². The maximum atomic E-state index is 13.1. The van der Waals surface area contributed by atoms with Crippen LogP contribution in [0, 0.1) is 0 Å². The molecule has 1 N–H and O–H groups in total. The number of benzene rings is 3. The largest absolute Gasteiger partial charge is 0.383 e. The Morgan fingerprint density at radius 3 is 2.34 bits per heavy atom. The van der Waals surface area contributed by atoms with E-state index >= 15 is 0 Å². The third-order valence-electron chi connectivity index (χ3n) is 6.09. The number of fused-ring (bicyclic) bond motifs is 1. The molecule has 0 fully saturated rings. The summed E-state index contributed by atoms with van der Waals surface area (Å²) in [5.41, 5.74) is 3.71. The Morgan fingerprint density at radius 2 is 1.68 bits per heavy atom. The van der Waals surface area contributed by atoms with Crippen molar-refractivity contribution in [2.75, 3.05) is 37.0 Å². The third-order valence-corrected chi connectivity index (χ3v) is 6.73. The second-order valence-corrected chi connectivity index (χ2v) is 9.54. The van der Waals surface area contributed by atoms with Crippen molar-refractivity contribution < 1.29 is 19.1 Å². The molecule has 0 unspecified atom stereocenters. The number of halogens is 1. The minimum atomic E-state index is -0.378. The van der Waals surface area contributed by atoms with Crippen LogP contribution >= 0.6 is 15.9 Å². The lowest BCUT2D eigenvalue weighted by molar-refractivity contribution is -0.114. The van der Waals surface area contributed by atoms with Gasteiger partial charge in [-0.2, -0.15) is 0 Å². The predicted octanol–water partition coefficient (Wildman–Crippen LogP) is 6.09. The average molecular weight is 578 g/mol. The standard InChI is InChI=1S/C28H28BrN5O4/c1-4-33(12-13-38-3)20-10-11-24(26(14-20)30-18(2)35)31-32-25-16-22-21(15-23(25)29)27(36)34(28(22)37)17-19-8-6-5-7-9-19/h5-11,14-16H,4,12-13,17H2,1-3H3,(H,30,35). The molecule has 0 spiro atoms. The summed E-state index contributed by atoms with van der Waals surface area (Å²) in [5, 5.41) is 11.5. The molecule has 9 nitrogen and oxygen atoms in total. The van der Waals surface area contributed by atoms with Crippen LogP contribution in [0.15, 0.2) is 75.4 Å². The number of amides is 3. The van der Waals surface area contributed by atoms with E-state index in [2.05, 4.69) is 36.4 Å². The number of rotatable bonds is 10. The fourth-order valence-electron chi connectivity index (χ4n) is 4.16. The molecule has 1 aliphatic heterocycles. The number of anilines is 2. The van der Waals surface area contributed by atoms with Gasteiger partial charge in [0.25, 0.3) is 11.8 Å². The van der Waals surface area contributed by atoms with Gasteiger partial charge in [-0.1, -0.05) is 30.3 Å². The number of hydrogen-bond donors (Lipinski definition) is 1. The fraction of sp³-hybridized carbons (Fsp3) is 0.250. The van der Waals surface area contributed by atoms with Crippen molar-refractivity contribution >= 4 is 56.4 Å². The Morgan fingerprint density at radius 1 is 1.00 bits per heavy atom. The van der Waals surface area contributed by atoms with E-state index in [1.54, 1.807) is 25.3 Å². The molecule has 4 rings (SSSR count). The van der Waals surface area contributed by atoms with Gasteiger partial charge in [0, 0.05) is 37.3 Å². The van der Waals surface area contributed by atoms with Crippen molar-refractivity contribution in [2.45, 2.75) is 20.4 Å². The van der Waals surface area contributed by atoms with Crippen molar-refractivity contribution in [3.05, 3.63) is 81.8 Å². The second-order valence-electron chi connectivity index (χ2n) is 8.69. The van der Waals surface area contributed by atoms with Gasteiger partial charge in [0.15, 0.2) is 0 Å². The van der Waals surface area contributed by atoms with Crippen molar-refractivity contribution in [3.63, 3.8) is 0 Å². The highest BCUT2D eigenvalue weighted by Gasteiger charge is 2.36. The molecule has 0 aromatic heterocycles. The number of methoxy groups -OCH3 is 1. The molecule has 0 radical (unpaired) electrons. The monoisotopic (exact) mass is 577 g/mol. The quantitative estimate of drug-likeness (QED) is 0.232. The van der Waals surface area contributed by atoms with E-state index in [9.17, 15) is 14.4 Å². The highest BCUT2D eigenvalue weighted by atomic mass is 79.9. The molecule has 0 saturated carbocycles. The highest BCUT2D eigenvalue weighted by molar-refractivity contribution is 9.10. The fourth-order valence-corrected chi connectivity index (χ4v) is 4.58. The van der Waals surface area contributed by atoms with Crippen LogP contribution < -0.4 is 10.2 Å². The van der Waals surface area contributed by atoms with Gasteiger partial charge >= 0.3 is 0 Å². The van der Waals surface area contributed by atoms with E-state index < -0.39 is 0 Å². The summed E-state index contributed by atoms with van der Waals surface area (Å²) in [6.07, 6.45) is 0. The number of carbonyl (C=O) groups is 3. The maximum Gasteiger partial charge on any atom is 0.261 e. The SMILES string of the molecule is CCN(CCOC)c1ccc(N=Nc2cc3c(cc2Br)C(=O)N(Cc2ccccc2)C3=O)c(NC(C)=O)c1. The lowest BCUT2D eigenvalue weighted by atomic mass is 10.1. The lowest BCUT2D eigenvalue weighted by Crippen LogP contribution is -2.29. The number of carbonyl (C=O) groups excluding carboxylic acids is 3. The molecule has 1 heterocycles. The lowest BCUT2D eigenvalue weighted by Gasteiger charge is -2.23. The number of ether oxygens (including phenoxy) is 1. The van der Waals surface area contributed by atoms with Gasteiger partial charge in [0.2, 0.25) is 5.91 Å². The smallest absolute Gasteiger partial charge is 0.261 e. The predicted molar refractivity (Wildman–Crippen MR) is 149 cm³/mol. The zero-order chi connectivity index (χ0) is 27.2. The molecule has 0 atom stereocenters. The van der Waals surface area contributed by atoms with Crippen LogP contribution in [0.1, 0.15) is 40.1 Å². The number of azo groups is 1. The molecule has 0 bridgehead atoms. The maximum absolute atomic E-state index is 13.1. The summed E-state index contributed by atoms with van der Waals surface area (Å²) in [6, 6.07) is 18.0. The first-order chi connectivity index (χ1) is 18.3. The highest BCUT2D eigenvalue weighted by Crippen LogP contribution is 2.37. The van der Waals surface area contributed by atoms with Crippen LogP contribution in [0.2, 0.25) is 0 Å². The Labute approximate surface area is 229 Å². The first-order valence-corrected chi connectivity index (χ1v) is 12.9. The summed E-state index contributed by atoms with van der Waals surface area (Å²) >= 11 is 3.46. The van der Waals surface area contributed by atoms with Crippen LogP contribution in [0.3, 0.4) is 0 Å². The topological polar surface area (TPSA) is 104 Å². The van der Waals surface area contributed by atoms with Crippen molar-refractivity contribution in [1.82, 2.24) is 4.90 Å². The molecule has 38 heavy (non-hydrogen) atoms. The third kappa shape index (κ3) is 5.98. The normalized spacial score (nSPS) is 12.8.